The van der Waals surface area contributed by atoms with Crippen LogP contribution in [0.1, 0.15) is 46.0 Å². The van der Waals surface area contributed by atoms with E-state index in [1.807, 2.05) is 13.8 Å². The van der Waals surface area contributed by atoms with Gasteiger partial charge in [0.1, 0.15) is 5.41 Å². The van der Waals surface area contributed by atoms with Crippen LogP contribution in [0.4, 0.5) is 0 Å². The van der Waals surface area contributed by atoms with Gasteiger partial charge in [0.25, 0.3) is 0 Å². The molecule has 0 aliphatic carbocycles. The average molecular weight is 251 g/mol. The number of fused-ring (bicyclic) bond motifs is 2. The van der Waals surface area contributed by atoms with Crippen molar-refractivity contribution in [2.45, 2.75) is 76.0 Å². The van der Waals surface area contributed by atoms with Crippen LogP contribution in [0, 0.1) is 16.7 Å². The largest absolute Gasteiger partial charge is 0.388 e. The van der Waals surface area contributed by atoms with E-state index in [4.69, 9.17) is 9.47 Å². The third-order valence-corrected chi connectivity index (χ3v) is 4.95. The van der Waals surface area contributed by atoms with Crippen molar-refractivity contribution in [1.82, 2.24) is 0 Å². The van der Waals surface area contributed by atoms with E-state index in [9.17, 15) is 10.4 Å². The van der Waals surface area contributed by atoms with E-state index in [0.717, 1.165) is 12.8 Å². The molecule has 0 saturated carbocycles. The molecule has 5 unspecified atom stereocenters. The van der Waals surface area contributed by atoms with Gasteiger partial charge in [-0.25, -0.2) is 0 Å². The van der Waals surface area contributed by atoms with Gasteiger partial charge in [0.05, 0.1) is 36.1 Å². The Morgan fingerprint density at radius 3 is 2.22 bits per heavy atom. The molecule has 18 heavy (non-hydrogen) atoms. The Labute approximate surface area is 108 Å². The number of hydrogen-bond acceptors (Lipinski definition) is 4. The fourth-order valence-electron chi connectivity index (χ4n) is 4.31. The quantitative estimate of drug-likeness (QED) is 0.771. The van der Waals surface area contributed by atoms with Crippen LogP contribution in [0.25, 0.3) is 0 Å². The Bertz CT molecular complexity index is 381. The summed E-state index contributed by atoms with van der Waals surface area (Å²) >= 11 is 0. The third kappa shape index (κ3) is 1.54. The molecule has 0 aromatic carbocycles. The topological polar surface area (TPSA) is 62.5 Å². The highest BCUT2D eigenvalue weighted by Crippen LogP contribution is 2.56. The van der Waals surface area contributed by atoms with Crippen LogP contribution in [0.3, 0.4) is 0 Å². The fourth-order valence-corrected chi connectivity index (χ4v) is 4.31. The molecule has 0 aromatic rings. The summed E-state index contributed by atoms with van der Waals surface area (Å²) in [7, 11) is 0. The van der Waals surface area contributed by atoms with E-state index in [2.05, 4.69) is 6.07 Å². The smallest absolute Gasteiger partial charge is 0.115 e. The summed E-state index contributed by atoms with van der Waals surface area (Å²) < 4.78 is 11.5. The summed E-state index contributed by atoms with van der Waals surface area (Å²) in [4.78, 5) is 0. The van der Waals surface area contributed by atoms with E-state index >= 15 is 0 Å². The van der Waals surface area contributed by atoms with Crippen LogP contribution >= 0.6 is 0 Å². The first-order valence-corrected chi connectivity index (χ1v) is 6.94. The molecule has 0 spiro atoms. The minimum absolute atomic E-state index is 0.00287. The zero-order valence-corrected chi connectivity index (χ0v) is 11.1. The Morgan fingerprint density at radius 1 is 1.11 bits per heavy atom. The summed E-state index contributed by atoms with van der Waals surface area (Å²) in [5.74, 6) is 0. The molecule has 3 fully saturated rings. The van der Waals surface area contributed by atoms with E-state index in [-0.39, 0.29) is 24.4 Å². The molecule has 3 aliphatic rings. The Kier molecular flexibility index (Phi) is 2.71. The first-order chi connectivity index (χ1) is 8.49. The van der Waals surface area contributed by atoms with Crippen molar-refractivity contribution < 1.29 is 14.6 Å². The summed E-state index contributed by atoms with van der Waals surface area (Å²) in [5, 5.41) is 20.8. The monoisotopic (exact) mass is 251 g/mol. The zero-order chi connectivity index (χ0) is 13.0. The molecular formula is C14H21NO3. The highest BCUT2D eigenvalue weighted by molar-refractivity contribution is 5.22. The molecule has 100 valence electrons. The maximum atomic E-state index is 11.1. The van der Waals surface area contributed by atoms with Crippen LogP contribution < -0.4 is 0 Å². The Morgan fingerprint density at radius 2 is 1.78 bits per heavy atom. The molecule has 5 atom stereocenters. The standard InChI is InChI=1S/C14H21NO3/c1-9-5-14(16,6-10(2)17-9)13(8-15)7-11-3-4-12(13)18-11/h9-12,16H,3-7H2,1-2H3. The summed E-state index contributed by atoms with van der Waals surface area (Å²) in [6, 6.07) is 2.43. The maximum absolute atomic E-state index is 11.1. The molecule has 0 aromatic heterocycles. The van der Waals surface area contributed by atoms with Crippen LogP contribution in [-0.2, 0) is 9.47 Å². The second kappa shape index (κ2) is 3.93. The van der Waals surface area contributed by atoms with Gasteiger partial charge >= 0.3 is 0 Å². The first kappa shape index (κ1) is 12.4. The number of rotatable bonds is 1. The SMILES string of the molecule is CC1CC(O)(C2(C#N)CC3CCC2O3)CC(C)O1. The highest BCUT2D eigenvalue weighted by Gasteiger charge is 2.64. The van der Waals surface area contributed by atoms with Crippen molar-refractivity contribution in [3.8, 4) is 6.07 Å². The summed E-state index contributed by atoms with van der Waals surface area (Å²) in [6.07, 6.45) is 3.79. The zero-order valence-electron chi connectivity index (χ0n) is 11.1. The molecule has 2 bridgehead atoms. The molecule has 4 nitrogen and oxygen atoms in total. The second-order valence-corrected chi connectivity index (χ2v) is 6.31. The van der Waals surface area contributed by atoms with Gasteiger partial charge < -0.3 is 14.6 Å². The van der Waals surface area contributed by atoms with Crippen molar-refractivity contribution in [3.05, 3.63) is 0 Å². The summed E-state index contributed by atoms with van der Waals surface area (Å²) in [6.45, 7) is 3.94. The molecular weight excluding hydrogens is 230 g/mol. The lowest BCUT2D eigenvalue weighted by molar-refractivity contribution is -0.183. The maximum Gasteiger partial charge on any atom is 0.115 e. The number of hydrogen-bond donors (Lipinski definition) is 1. The van der Waals surface area contributed by atoms with Gasteiger partial charge in [0, 0.05) is 12.8 Å². The number of aliphatic hydroxyl groups is 1. The van der Waals surface area contributed by atoms with Gasteiger partial charge in [0.15, 0.2) is 0 Å². The predicted octanol–water partition coefficient (Wildman–Crippen LogP) is 1.77. The minimum Gasteiger partial charge on any atom is -0.388 e. The van der Waals surface area contributed by atoms with Crippen LogP contribution in [0.15, 0.2) is 0 Å². The van der Waals surface area contributed by atoms with E-state index < -0.39 is 11.0 Å². The van der Waals surface area contributed by atoms with Crippen molar-refractivity contribution in [2.75, 3.05) is 0 Å². The highest BCUT2D eigenvalue weighted by atomic mass is 16.5. The number of ether oxygens (including phenoxy) is 2. The molecule has 3 saturated heterocycles. The van der Waals surface area contributed by atoms with Gasteiger partial charge in [-0.15, -0.1) is 0 Å². The van der Waals surface area contributed by atoms with Gasteiger partial charge in [-0.05, 0) is 33.1 Å². The molecule has 3 heterocycles. The number of nitrogens with zero attached hydrogens (tertiary/aromatic N) is 1. The molecule has 3 aliphatic heterocycles. The van der Waals surface area contributed by atoms with Gasteiger partial charge in [-0.1, -0.05) is 0 Å². The lowest BCUT2D eigenvalue weighted by Crippen LogP contribution is -2.58. The third-order valence-electron chi connectivity index (χ3n) is 4.95. The molecule has 1 N–H and O–H groups in total. The fraction of sp³-hybridized carbons (Fsp3) is 0.929. The lowest BCUT2D eigenvalue weighted by Gasteiger charge is -2.49. The van der Waals surface area contributed by atoms with E-state index in [0.29, 0.717) is 19.3 Å². The van der Waals surface area contributed by atoms with E-state index in [1.54, 1.807) is 0 Å². The average Bonchev–Trinajstić information content (AvgIpc) is 2.86. The Balaban J connectivity index is 1.94. The Hall–Kier alpha value is -0.630. The normalized spacial score (nSPS) is 55.4. The summed E-state index contributed by atoms with van der Waals surface area (Å²) in [5.41, 5.74) is -1.68. The van der Waals surface area contributed by atoms with Crippen molar-refractivity contribution >= 4 is 0 Å². The van der Waals surface area contributed by atoms with Crippen LogP contribution in [0.5, 0.6) is 0 Å². The lowest BCUT2D eigenvalue weighted by atomic mass is 9.60. The van der Waals surface area contributed by atoms with Gasteiger partial charge in [-0.3, -0.25) is 0 Å². The molecule has 4 heteroatoms. The van der Waals surface area contributed by atoms with E-state index in [1.165, 1.54) is 0 Å². The number of nitriles is 1. The first-order valence-electron chi connectivity index (χ1n) is 6.94. The molecule has 0 amide bonds. The predicted molar refractivity (Wildman–Crippen MR) is 64.8 cm³/mol. The second-order valence-electron chi connectivity index (χ2n) is 6.31. The molecule has 0 radical (unpaired) electrons. The van der Waals surface area contributed by atoms with Crippen LogP contribution in [-0.4, -0.2) is 35.1 Å². The van der Waals surface area contributed by atoms with Crippen LogP contribution in [0.2, 0.25) is 0 Å². The van der Waals surface area contributed by atoms with Crippen molar-refractivity contribution in [3.63, 3.8) is 0 Å². The van der Waals surface area contributed by atoms with Gasteiger partial charge in [0.2, 0.25) is 0 Å². The van der Waals surface area contributed by atoms with Crippen molar-refractivity contribution in [1.29, 1.82) is 5.26 Å². The minimum atomic E-state index is -0.960. The van der Waals surface area contributed by atoms with Gasteiger partial charge in [-0.2, -0.15) is 5.26 Å². The molecule has 3 rings (SSSR count). The van der Waals surface area contributed by atoms with Crippen molar-refractivity contribution in [2.24, 2.45) is 5.41 Å².